The minimum Gasteiger partial charge on any atom is -0.478 e. The molecule has 0 radical (unpaired) electrons. The molecule has 2 rings (SSSR count). The third-order valence-electron chi connectivity index (χ3n) is 10.0. The van der Waals surface area contributed by atoms with Gasteiger partial charge in [-0.2, -0.15) is 0 Å². The Hall–Kier alpha value is -1.83. The first kappa shape index (κ1) is 39.3. The summed E-state index contributed by atoms with van der Waals surface area (Å²) in [6, 6.07) is 6.66. The number of carboxylic acid groups (broad SMARTS) is 1. The predicted molar refractivity (Wildman–Crippen MR) is 199 cm³/mol. The molecule has 0 unspecified atom stereocenters. The molecule has 0 spiro atoms. The standard InChI is InChI=1S/C43H72O2/c1-5-9-13-17-21-25-29-36-33-37(30-26-22-18-14-10-6-2)41-35-39(43(44)45)34-38(31-27-23-19-15-11-7-3)42(41)40(36)32-28-24-20-16-12-8-4/h33-35H,5-32H2,1-4H3,(H,44,45). The van der Waals surface area contributed by atoms with Crippen molar-refractivity contribution >= 4 is 16.7 Å². The van der Waals surface area contributed by atoms with Gasteiger partial charge in [-0.05, 0) is 96.5 Å². The summed E-state index contributed by atoms with van der Waals surface area (Å²) >= 11 is 0. The van der Waals surface area contributed by atoms with Gasteiger partial charge in [-0.25, -0.2) is 4.79 Å². The fourth-order valence-electron chi connectivity index (χ4n) is 7.25. The Kier molecular flexibility index (Phi) is 22.1. The van der Waals surface area contributed by atoms with Crippen LogP contribution < -0.4 is 0 Å². The fourth-order valence-corrected chi connectivity index (χ4v) is 7.25. The lowest BCUT2D eigenvalue weighted by molar-refractivity contribution is 0.0697. The molecule has 1 N–H and O–H groups in total. The second kappa shape index (κ2) is 25.3. The summed E-state index contributed by atoms with van der Waals surface area (Å²) in [4.78, 5) is 12.4. The van der Waals surface area contributed by atoms with Crippen LogP contribution in [-0.2, 0) is 25.7 Å². The fraction of sp³-hybridized carbons (Fsp3) is 0.744. The smallest absolute Gasteiger partial charge is 0.335 e. The van der Waals surface area contributed by atoms with E-state index in [1.54, 1.807) is 11.1 Å². The van der Waals surface area contributed by atoms with E-state index in [-0.39, 0.29) is 0 Å². The van der Waals surface area contributed by atoms with Crippen LogP contribution in [0.5, 0.6) is 0 Å². The van der Waals surface area contributed by atoms with Gasteiger partial charge in [0.1, 0.15) is 0 Å². The SMILES string of the molecule is CCCCCCCCc1cc(CCCCCCCC)c2cc(C(=O)O)cc(CCCCCCCC)c2c1CCCCCCCC. The number of aromatic carboxylic acids is 1. The highest BCUT2D eigenvalue weighted by Crippen LogP contribution is 2.35. The molecule has 0 aliphatic carbocycles. The Morgan fingerprint density at radius 1 is 0.444 bits per heavy atom. The molecule has 0 saturated heterocycles. The van der Waals surface area contributed by atoms with Crippen molar-refractivity contribution in [2.24, 2.45) is 0 Å². The first-order valence-corrected chi connectivity index (χ1v) is 19.9. The second-order valence-corrected chi connectivity index (χ2v) is 14.1. The van der Waals surface area contributed by atoms with Gasteiger partial charge in [0.05, 0.1) is 5.56 Å². The molecule has 0 amide bonds. The van der Waals surface area contributed by atoms with Crippen molar-refractivity contribution in [1.82, 2.24) is 0 Å². The molecule has 0 aromatic heterocycles. The molecule has 0 heterocycles. The first-order valence-electron chi connectivity index (χ1n) is 19.9. The predicted octanol–water partition coefficient (Wildman–Crippen LogP) is 14.1. The van der Waals surface area contributed by atoms with Gasteiger partial charge in [-0.3, -0.25) is 0 Å². The van der Waals surface area contributed by atoms with Crippen LogP contribution in [-0.4, -0.2) is 11.1 Å². The van der Waals surface area contributed by atoms with Gasteiger partial charge in [0.15, 0.2) is 0 Å². The number of rotatable bonds is 29. The number of hydrogen-bond acceptors (Lipinski definition) is 1. The Morgan fingerprint density at radius 3 is 1.27 bits per heavy atom. The molecule has 2 aromatic rings. The Balaban J connectivity index is 2.49. The molecule has 256 valence electrons. The maximum atomic E-state index is 12.4. The quantitative estimate of drug-likeness (QED) is 0.0919. The molecule has 0 aliphatic rings. The van der Waals surface area contributed by atoms with Crippen molar-refractivity contribution in [3.63, 3.8) is 0 Å². The van der Waals surface area contributed by atoms with Crippen LogP contribution in [0, 0.1) is 0 Å². The zero-order chi connectivity index (χ0) is 32.5. The van der Waals surface area contributed by atoms with E-state index < -0.39 is 5.97 Å². The Morgan fingerprint density at radius 2 is 0.822 bits per heavy atom. The van der Waals surface area contributed by atoms with Crippen LogP contribution in [0.4, 0.5) is 0 Å². The number of carbonyl (C=O) groups is 1. The summed E-state index contributed by atoms with van der Waals surface area (Å²) < 4.78 is 0. The average molecular weight is 621 g/mol. The Bertz CT molecular complexity index is 1050. The van der Waals surface area contributed by atoms with E-state index in [1.807, 2.05) is 6.07 Å². The Labute approximate surface area is 279 Å². The number of benzene rings is 2. The van der Waals surface area contributed by atoms with E-state index in [1.165, 1.54) is 176 Å². The summed E-state index contributed by atoms with van der Waals surface area (Å²) in [5, 5.41) is 12.9. The molecular formula is C43H72O2. The van der Waals surface area contributed by atoms with Crippen LogP contribution in [0.1, 0.15) is 214 Å². The molecule has 0 aliphatic heterocycles. The molecule has 2 nitrogen and oxygen atoms in total. The monoisotopic (exact) mass is 621 g/mol. The molecule has 0 bridgehead atoms. The summed E-state index contributed by atoms with van der Waals surface area (Å²) in [6.07, 6.45) is 35.6. The lowest BCUT2D eigenvalue weighted by Crippen LogP contribution is -2.06. The van der Waals surface area contributed by atoms with Crippen LogP contribution >= 0.6 is 0 Å². The topological polar surface area (TPSA) is 37.3 Å². The third-order valence-corrected chi connectivity index (χ3v) is 10.0. The van der Waals surface area contributed by atoms with Crippen molar-refractivity contribution < 1.29 is 9.90 Å². The van der Waals surface area contributed by atoms with Crippen LogP contribution in [0.3, 0.4) is 0 Å². The van der Waals surface area contributed by atoms with Gasteiger partial charge in [0.25, 0.3) is 0 Å². The van der Waals surface area contributed by atoms with E-state index in [0.717, 1.165) is 25.7 Å². The lowest BCUT2D eigenvalue weighted by Gasteiger charge is -2.21. The number of carboxylic acids is 1. The van der Waals surface area contributed by atoms with Crippen molar-refractivity contribution in [2.75, 3.05) is 0 Å². The maximum Gasteiger partial charge on any atom is 0.335 e. The van der Waals surface area contributed by atoms with E-state index in [2.05, 4.69) is 39.8 Å². The van der Waals surface area contributed by atoms with Crippen molar-refractivity contribution in [3.8, 4) is 0 Å². The van der Waals surface area contributed by atoms with Crippen LogP contribution in [0.2, 0.25) is 0 Å². The van der Waals surface area contributed by atoms with Gasteiger partial charge in [-0.1, -0.05) is 162 Å². The van der Waals surface area contributed by atoms with E-state index in [4.69, 9.17) is 0 Å². The summed E-state index contributed by atoms with van der Waals surface area (Å²) in [7, 11) is 0. The number of hydrogen-bond donors (Lipinski definition) is 1. The van der Waals surface area contributed by atoms with E-state index in [0.29, 0.717) is 5.56 Å². The second-order valence-electron chi connectivity index (χ2n) is 14.1. The number of unbranched alkanes of at least 4 members (excludes halogenated alkanes) is 20. The highest BCUT2D eigenvalue weighted by Gasteiger charge is 2.18. The molecule has 45 heavy (non-hydrogen) atoms. The van der Waals surface area contributed by atoms with Crippen LogP contribution in [0.15, 0.2) is 18.2 Å². The first-order chi connectivity index (χ1) is 22.1. The van der Waals surface area contributed by atoms with Gasteiger partial charge in [0.2, 0.25) is 0 Å². The maximum absolute atomic E-state index is 12.4. The lowest BCUT2D eigenvalue weighted by atomic mass is 9.83. The zero-order valence-corrected chi connectivity index (χ0v) is 30.4. The molecule has 0 atom stereocenters. The average Bonchev–Trinajstić information content (AvgIpc) is 3.04. The summed E-state index contributed by atoms with van der Waals surface area (Å²) in [5.41, 5.74) is 6.37. The largest absolute Gasteiger partial charge is 0.478 e. The van der Waals surface area contributed by atoms with E-state index in [9.17, 15) is 9.90 Å². The van der Waals surface area contributed by atoms with Crippen molar-refractivity contribution in [3.05, 3.63) is 46.0 Å². The summed E-state index contributed by atoms with van der Waals surface area (Å²) in [6.45, 7) is 9.16. The molecule has 0 fully saturated rings. The zero-order valence-electron chi connectivity index (χ0n) is 30.4. The molecule has 0 saturated carbocycles. The van der Waals surface area contributed by atoms with E-state index >= 15 is 0 Å². The third kappa shape index (κ3) is 15.5. The molecule has 2 aromatic carbocycles. The minimum absolute atomic E-state index is 0.488. The highest BCUT2D eigenvalue weighted by atomic mass is 16.4. The van der Waals surface area contributed by atoms with Gasteiger partial charge >= 0.3 is 5.97 Å². The minimum atomic E-state index is -0.778. The normalized spacial score (nSPS) is 11.6. The van der Waals surface area contributed by atoms with Crippen molar-refractivity contribution in [1.29, 1.82) is 0 Å². The molecule has 2 heteroatoms. The van der Waals surface area contributed by atoms with Crippen LogP contribution in [0.25, 0.3) is 10.8 Å². The highest BCUT2D eigenvalue weighted by molar-refractivity contribution is 5.99. The molecular weight excluding hydrogens is 548 g/mol. The number of aryl methyl sites for hydroxylation is 4. The van der Waals surface area contributed by atoms with Crippen molar-refractivity contribution in [2.45, 2.75) is 207 Å². The number of fused-ring (bicyclic) bond motifs is 1. The van der Waals surface area contributed by atoms with Gasteiger partial charge in [-0.15, -0.1) is 0 Å². The summed E-state index contributed by atoms with van der Waals surface area (Å²) in [5.74, 6) is -0.778. The van der Waals surface area contributed by atoms with Gasteiger partial charge < -0.3 is 5.11 Å². The van der Waals surface area contributed by atoms with Gasteiger partial charge in [0, 0.05) is 0 Å².